The van der Waals surface area contributed by atoms with Gasteiger partial charge in [0.1, 0.15) is 24.6 Å². The molecule has 0 radical (unpaired) electrons. The van der Waals surface area contributed by atoms with E-state index >= 15 is 0 Å². The summed E-state index contributed by atoms with van der Waals surface area (Å²) in [5.41, 5.74) is 0. The topological polar surface area (TPSA) is 243 Å². The fourth-order valence-corrected chi connectivity index (χ4v) is 8.31. The third-order valence-electron chi connectivity index (χ3n) is 6.65. The first-order valence-electron chi connectivity index (χ1n) is 13.4. The van der Waals surface area contributed by atoms with E-state index in [0.717, 1.165) is 32.1 Å². The summed E-state index contributed by atoms with van der Waals surface area (Å²) in [5, 5.41) is 0. The molecule has 1 aliphatic heterocycles. The Balaban J connectivity index is 3.22. The van der Waals surface area contributed by atoms with E-state index in [1.807, 2.05) is 0 Å². The molecule has 0 aromatic heterocycles. The van der Waals surface area contributed by atoms with E-state index in [4.69, 9.17) is 0 Å². The van der Waals surface area contributed by atoms with E-state index in [1.54, 1.807) is 0 Å². The van der Waals surface area contributed by atoms with Crippen LogP contribution < -0.4 is 0 Å². The second kappa shape index (κ2) is 17.7. The number of rotatable bonds is 15. The Morgan fingerprint density at radius 1 is 0.525 bits per heavy atom. The molecule has 0 spiro atoms. The van der Waals surface area contributed by atoms with Crippen LogP contribution in [0.15, 0.2) is 0 Å². The molecular formula is C20H48N4O12P4. The second-order valence-corrected chi connectivity index (χ2v) is 17.0. The third kappa shape index (κ3) is 18.9. The Morgan fingerprint density at radius 3 is 1.18 bits per heavy atom. The molecule has 1 aliphatic rings. The van der Waals surface area contributed by atoms with Crippen molar-refractivity contribution in [2.75, 3.05) is 71.2 Å². The summed E-state index contributed by atoms with van der Waals surface area (Å²) in [5.74, 6) is -1.18. The van der Waals surface area contributed by atoms with Gasteiger partial charge in [0.05, 0.1) is 0 Å². The second-order valence-electron chi connectivity index (χ2n) is 10.4. The first-order valence-corrected chi connectivity index (χ1v) is 20.5. The largest absolute Gasteiger partial charge is 0.342 e. The highest BCUT2D eigenvalue weighted by Crippen LogP contribution is 2.46. The first kappa shape index (κ1) is 38.5. The molecule has 0 bridgehead atoms. The van der Waals surface area contributed by atoms with Gasteiger partial charge in [-0.3, -0.25) is 37.9 Å². The lowest BCUT2D eigenvalue weighted by atomic mass is 10.1. The average Bonchev–Trinajstić information content (AvgIpc) is 2.76. The van der Waals surface area contributed by atoms with Crippen LogP contribution in [0.1, 0.15) is 51.9 Å². The lowest BCUT2D eigenvalue weighted by Crippen LogP contribution is -2.48. The van der Waals surface area contributed by atoms with Crippen LogP contribution in [-0.2, 0) is 18.3 Å². The summed E-state index contributed by atoms with van der Waals surface area (Å²) in [6.07, 6.45) is 3.68. The van der Waals surface area contributed by atoms with Gasteiger partial charge in [-0.1, -0.05) is 45.4 Å². The van der Waals surface area contributed by atoms with E-state index in [-0.39, 0.29) is 58.8 Å². The van der Waals surface area contributed by atoms with Gasteiger partial charge in [0.25, 0.3) is 0 Å². The molecule has 0 amide bonds. The van der Waals surface area contributed by atoms with Gasteiger partial charge in [0, 0.05) is 52.4 Å². The summed E-state index contributed by atoms with van der Waals surface area (Å²) in [6, 6.07) is 0. The predicted molar refractivity (Wildman–Crippen MR) is 151 cm³/mol. The zero-order valence-corrected chi connectivity index (χ0v) is 26.7. The van der Waals surface area contributed by atoms with Crippen LogP contribution in [0, 0.1) is 0 Å². The van der Waals surface area contributed by atoms with Crippen molar-refractivity contribution in [2.24, 2.45) is 0 Å². The predicted octanol–water partition coefficient (Wildman–Crippen LogP) is 0.868. The Bertz CT molecular complexity index is 883. The Hall–Kier alpha value is 0.440. The fourth-order valence-electron chi connectivity index (χ4n) is 4.73. The zero-order chi connectivity index (χ0) is 30.6. The van der Waals surface area contributed by atoms with Gasteiger partial charge in [-0.25, -0.2) is 0 Å². The molecule has 1 saturated heterocycles. The summed E-state index contributed by atoms with van der Waals surface area (Å²) in [6.45, 7) is 2.08. The molecule has 0 saturated carbocycles. The first-order chi connectivity index (χ1) is 18.3. The standard InChI is InChI=1S/C20H48N4O12P4/c1-2-3-4-5-6-7-8-20(40(34,35)36)24-15-13-22(18-38(28,29)30)11-9-21(17-37(25,26)27)10-12-23(14-16-24)19-39(31,32)33/h20H,2-19H2,1H3,(H2,25,26,27)(H2,28,29,30)(H2,31,32,33)(H2,34,35,36). The minimum Gasteiger partial charge on any atom is -0.324 e. The van der Waals surface area contributed by atoms with Crippen LogP contribution in [0.3, 0.4) is 0 Å². The van der Waals surface area contributed by atoms with Gasteiger partial charge in [-0.05, 0) is 6.42 Å². The van der Waals surface area contributed by atoms with E-state index in [2.05, 4.69) is 6.92 Å². The van der Waals surface area contributed by atoms with E-state index < -0.39 is 55.0 Å². The molecule has 1 heterocycles. The van der Waals surface area contributed by atoms with E-state index in [9.17, 15) is 57.4 Å². The highest BCUT2D eigenvalue weighted by atomic mass is 31.2. The van der Waals surface area contributed by atoms with Gasteiger partial charge in [-0.2, -0.15) is 0 Å². The van der Waals surface area contributed by atoms with Crippen molar-refractivity contribution >= 4 is 30.4 Å². The molecule has 40 heavy (non-hydrogen) atoms. The Kier molecular flexibility index (Phi) is 17.0. The number of nitrogens with zero attached hydrogens (tertiary/aromatic N) is 4. The minimum absolute atomic E-state index is 0.000351. The van der Waals surface area contributed by atoms with Gasteiger partial charge in [0.15, 0.2) is 0 Å². The minimum atomic E-state index is -4.65. The van der Waals surface area contributed by atoms with Crippen molar-refractivity contribution in [3.63, 3.8) is 0 Å². The number of hydrogen-bond acceptors (Lipinski definition) is 8. The van der Waals surface area contributed by atoms with Crippen molar-refractivity contribution in [1.29, 1.82) is 0 Å². The smallest absolute Gasteiger partial charge is 0.324 e. The molecule has 0 aliphatic carbocycles. The van der Waals surface area contributed by atoms with E-state index in [1.165, 1.54) is 19.6 Å². The van der Waals surface area contributed by atoms with Gasteiger partial charge < -0.3 is 39.1 Å². The van der Waals surface area contributed by atoms with Gasteiger partial charge in [0.2, 0.25) is 0 Å². The zero-order valence-electron chi connectivity index (χ0n) is 23.1. The van der Waals surface area contributed by atoms with Crippen molar-refractivity contribution in [3.05, 3.63) is 0 Å². The molecule has 240 valence electrons. The highest BCUT2D eigenvalue weighted by molar-refractivity contribution is 7.52. The maximum Gasteiger partial charge on any atom is 0.342 e. The van der Waals surface area contributed by atoms with Crippen molar-refractivity contribution in [1.82, 2.24) is 19.6 Å². The monoisotopic (exact) mass is 660 g/mol. The van der Waals surface area contributed by atoms with Crippen LogP contribution in [0.25, 0.3) is 0 Å². The van der Waals surface area contributed by atoms with Crippen LogP contribution >= 0.6 is 30.4 Å². The third-order valence-corrected chi connectivity index (χ3v) is 10.3. The molecule has 1 unspecified atom stereocenters. The summed E-state index contributed by atoms with van der Waals surface area (Å²) < 4.78 is 47.8. The van der Waals surface area contributed by atoms with Gasteiger partial charge >= 0.3 is 30.4 Å². The highest BCUT2D eigenvalue weighted by Gasteiger charge is 2.35. The van der Waals surface area contributed by atoms with Crippen molar-refractivity contribution in [3.8, 4) is 0 Å². The molecule has 16 nitrogen and oxygen atoms in total. The molecule has 0 aromatic carbocycles. The van der Waals surface area contributed by atoms with E-state index in [0.29, 0.717) is 6.42 Å². The normalized spacial score (nSPS) is 20.2. The van der Waals surface area contributed by atoms with Crippen molar-refractivity contribution in [2.45, 2.75) is 57.7 Å². The number of unbranched alkanes of at least 4 members (excludes halogenated alkanes) is 5. The quantitative estimate of drug-likeness (QED) is 0.0897. The van der Waals surface area contributed by atoms with Crippen LogP contribution in [0.2, 0.25) is 0 Å². The summed E-state index contributed by atoms with van der Waals surface area (Å²) in [7, 11) is -18.2. The lowest BCUT2D eigenvalue weighted by Gasteiger charge is -2.37. The molecule has 0 aromatic rings. The van der Waals surface area contributed by atoms with Gasteiger partial charge in [-0.15, -0.1) is 0 Å². The molecule has 20 heteroatoms. The maximum atomic E-state index is 12.6. The summed E-state index contributed by atoms with van der Waals surface area (Å²) in [4.78, 5) is 83.4. The summed E-state index contributed by atoms with van der Waals surface area (Å²) >= 11 is 0. The Labute approximate surface area is 236 Å². The van der Waals surface area contributed by atoms with Crippen LogP contribution in [-0.4, -0.2) is 136 Å². The number of hydrogen-bond donors (Lipinski definition) is 8. The SMILES string of the molecule is CCCCCCCCC(N1CCN(CP(=O)(O)O)CCN(CP(=O)(O)O)CCN(CP(=O)(O)O)CC1)P(=O)(O)O. The molecule has 1 rings (SSSR count). The lowest BCUT2D eigenvalue weighted by molar-refractivity contribution is 0.128. The Morgan fingerprint density at radius 2 is 0.850 bits per heavy atom. The van der Waals surface area contributed by atoms with Crippen LogP contribution in [0.5, 0.6) is 0 Å². The molecular weight excluding hydrogens is 612 g/mol. The van der Waals surface area contributed by atoms with Crippen molar-refractivity contribution < 1.29 is 57.4 Å². The molecule has 8 N–H and O–H groups in total. The fraction of sp³-hybridized carbons (Fsp3) is 1.00. The molecule has 1 atom stereocenters. The molecule has 1 fully saturated rings. The average molecular weight is 661 g/mol. The van der Waals surface area contributed by atoms with Crippen LogP contribution in [0.4, 0.5) is 0 Å². The maximum absolute atomic E-state index is 12.6.